The zero-order chi connectivity index (χ0) is 22.4. The first-order valence-electron chi connectivity index (χ1n) is 10.6. The predicted molar refractivity (Wildman–Crippen MR) is 116 cm³/mol. The molecule has 2 aromatic rings. The van der Waals surface area contributed by atoms with Gasteiger partial charge in [0.05, 0.1) is 26.8 Å². The summed E-state index contributed by atoms with van der Waals surface area (Å²) in [4.78, 5) is 13.7. The Bertz CT molecular complexity index is 888. The number of ether oxygens (including phenoxy) is 3. The molecule has 1 unspecified atom stereocenters. The van der Waals surface area contributed by atoms with Gasteiger partial charge in [-0.2, -0.15) is 0 Å². The van der Waals surface area contributed by atoms with Gasteiger partial charge >= 0.3 is 0 Å². The highest BCUT2D eigenvalue weighted by molar-refractivity contribution is 5.77. The van der Waals surface area contributed by atoms with E-state index in [2.05, 4.69) is 12.2 Å². The highest BCUT2D eigenvalue weighted by Gasteiger charge is 2.38. The van der Waals surface area contributed by atoms with Crippen molar-refractivity contribution < 1.29 is 28.3 Å². The molecule has 3 rings (SSSR count). The van der Waals surface area contributed by atoms with E-state index in [0.29, 0.717) is 11.5 Å². The van der Waals surface area contributed by atoms with E-state index in [1.165, 1.54) is 29.7 Å². The second kappa shape index (κ2) is 10.6. The number of methoxy groups -OCH3 is 3. The first-order chi connectivity index (χ1) is 15.0. The number of halogens is 1. The SMILES string of the molecule is CC[C@H](NC(=O)COC)[C@H]1c2cc(OC)c(OC)cc2CC[NH+]1Cc1ccc(F)cc1. The molecule has 0 radical (unpaired) electrons. The minimum absolute atomic E-state index is 0.0133. The molecule has 1 aliphatic heterocycles. The normalized spacial score (nSPS) is 18.7. The maximum Gasteiger partial charge on any atom is 0.246 e. The van der Waals surface area contributed by atoms with Crippen LogP contribution in [0.3, 0.4) is 0 Å². The van der Waals surface area contributed by atoms with Crippen molar-refractivity contribution in [1.82, 2.24) is 5.32 Å². The smallest absolute Gasteiger partial charge is 0.246 e. The van der Waals surface area contributed by atoms with Crippen molar-refractivity contribution in [3.05, 3.63) is 58.9 Å². The number of carbonyl (C=O) groups excluding carboxylic acids is 1. The molecular weight excluding hydrogens is 399 g/mol. The monoisotopic (exact) mass is 431 g/mol. The number of quaternary nitrogens is 1. The summed E-state index contributed by atoms with van der Waals surface area (Å²) in [6.45, 7) is 3.72. The van der Waals surface area contributed by atoms with Crippen LogP contribution in [0.1, 0.15) is 36.1 Å². The highest BCUT2D eigenvalue weighted by Crippen LogP contribution is 2.35. The average Bonchev–Trinajstić information content (AvgIpc) is 2.78. The second-order valence-corrected chi connectivity index (χ2v) is 7.86. The number of amides is 1. The highest BCUT2D eigenvalue weighted by atomic mass is 19.1. The number of hydrogen-bond acceptors (Lipinski definition) is 4. The Morgan fingerprint density at radius 1 is 1.16 bits per heavy atom. The van der Waals surface area contributed by atoms with Crippen molar-refractivity contribution in [1.29, 1.82) is 0 Å². The molecule has 6 nitrogen and oxygen atoms in total. The number of benzene rings is 2. The maximum absolute atomic E-state index is 13.4. The predicted octanol–water partition coefficient (Wildman–Crippen LogP) is 2.07. The second-order valence-electron chi connectivity index (χ2n) is 7.86. The van der Waals surface area contributed by atoms with E-state index >= 15 is 0 Å². The van der Waals surface area contributed by atoms with Crippen LogP contribution in [-0.2, 0) is 22.5 Å². The number of hydrogen-bond donors (Lipinski definition) is 2. The van der Waals surface area contributed by atoms with Gasteiger partial charge in [-0.1, -0.05) is 19.1 Å². The Kier molecular flexibility index (Phi) is 7.87. The summed E-state index contributed by atoms with van der Waals surface area (Å²) in [6.07, 6.45) is 1.64. The van der Waals surface area contributed by atoms with Gasteiger partial charge in [-0.3, -0.25) is 4.79 Å². The van der Waals surface area contributed by atoms with Crippen LogP contribution in [0.25, 0.3) is 0 Å². The average molecular weight is 432 g/mol. The number of fused-ring (bicyclic) bond motifs is 1. The standard InChI is InChI=1S/C24H31FN2O4/c1-5-20(26-23(28)15-29-2)24-19-13-22(31-4)21(30-3)12-17(19)10-11-27(24)14-16-6-8-18(25)9-7-16/h6-9,12-13,20,24H,5,10-11,14-15H2,1-4H3,(H,26,28)/p+1/t20-,24+/m0/s1. The fourth-order valence-corrected chi connectivity index (χ4v) is 4.48. The summed E-state index contributed by atoms with van der Waals surface area (Å²) in [5.74, 6) is 1.00. The fourth-order valence-electron chi connectivity index (χ4n) is 4.48. The van der Waals surface area contributed by atoms with Crippen LogP contribution in [0.15, 0.2) is 36.4 Å². The maximum atomic E-state index is 13.4. The van der Waals surface area contributed by atoms with E-state index in [1.54, 1.807) is 14.2 Å². The van der Waals surface area contributed by atoms with Gasteiger partial charge in [-0.05, 0) is 36.2 Å². The first-order valence-corrected chi connectivity index (χ1v) is 10.6. The minimum Gasteiger partial charge on any atom is -0.493 e. The van der Waals surface area contributed by atoms with E-state index in [0.717, 1.165) is 37.1 Å². The molecule has 0 saturated carbocycles. The lowest BCUT2D eigenvalue weighted by molar-refractivity contribution is -0.948. The number of rotatable bonds is 9. The molecule has 2 aromatic carbocycles. The van der Waals surface area contributed by atoms with Crippen LogP contribution in [0, 0.1) is 5.82 Å². The molecule has 1 amide bonds. The Morgan fingerprint density at radius 2 is 1.84 bits per heavy atom. The van der Waals surface area contributed by atoms with Gasteiger partial charge in [0.25, 0.3) is 0 Å². The third-order valence-electron chi connectivity index (χ3n) is 5.94. The lowest BCUT2D eigenvalue weighted by Crippen LogP contribution is -3.13. The van der Waals surface area contributed by atoms with E-state index in [4.69, 9.17) is 14.2 Å². The molecule has 3 atom stereocenters. The van der Waals surface area contributed by atoms with E-state index < -0.39 is 0 Å². The van der Waals surface area contributed by atoms with Crippen molar-refractivity contribution in [2.24, 2.45) is 0 Å². The molecular formula is C24H32FN2O4+. The third kappa shape index (κ3) is 5.35. The van der Waals surface area contributed by atoms with Crippen molar-refractivity contribution in [2.45, 2.75) is 38.4 Å². The van der Waals surface area contributed by atoms with E-state index in [1.807, 2.05) is 24.3 Å². The molecule has 0 aromatic heterocycles. The Morgan fingerprint density at radius 3 is 2.45 bits per heavy atom. The van der Waals surface area contributed by atoms with Crippen molar-refractivity contribution in [3.8, 4) is 11.5 Å². The molecule has 2 N–H and O–H groups in total. The van der Waals surface area contributed by atoms with Gasteiger partial charge < -0.3 is 24.4 Å². The lowest BCUT2D eigenvalue weighted by atomic mass is 9.86. The zero-order valence-corrected chi connectivity index (χ0v) is 18.7. The van der Waals surface area contributed by atoms with Crippen LogP contribution < -0.4 is 19.7 Å². The van der Waals surface area contributed by atoms with E-state index in [-0.39, 0.29) is 30.4 Å². The van der Waals surface area contributed by atoms with E-state index in [9.17, 15) is 9.18 Å². The van der Waals surface area contributed by atoms with Gasteiger partial charge in [0.15, 0.2) is 11.5 Å². The quantitative estimate of drug-likeness (QED) is 0.638. The molecule has 1 heterocycles. The summed E-state index contributed by atoms with van der Waals surface area (Å²) >= 11 is 0. The van der Waals surface area contributed by atoms with Gasteiger partial charge in [-0.25, -0.2) is 4.39 Å². The minimum atomic E-state index is -0.241. The largest absolute Gasteiger partial charge is 0.493 e. The molecule has 1 aliphatic rings. The van der Waals surface area contributed by atoms with Crippen LogP contribution in [-0.4, -0.2) is 46.4 Å². The fraction of sp³-hybridized carbons (Fsp3) is 0.458. The van der Waals surface area contributed by atoms with Crippen LogP contribution >= 0.6 is 0 Å². The topological polar surface area (TPSA) is 61.2 Å². The van der Waals surface area contributed by atoms with Crippen LogP contribution in [0.4, 0.5) is 4.39 Å². The van der Waals surface area contributed by atoms with Crippen LogP contribution in [0.5, 0.6) is 11.5 Å². The molecule has 0 spiro atoms. The van der Waals surface area contributed by atoms with Gasteiger partial charge in [-0.15, -0.1) is 0 Å². The molecule has 31 heavy (non-hydrogen) atoms. The number of carbonyl (C=O) groups is 1. The van der Waals surface area contributed by atoms with Crippen molar-refractivity contribution >= 4 is 5.91 Å². The summed E-state index contributed by atoms with van der Waals surface area (Å²) in [6, 6.07) is 10.6. The Balaban J connectivity index is 2.00. The van der Waals surface area contributed by atoms with Crippen molar-refractivity contribution in [3.63, 3.8) is 0 Å². The Hall–Kier alpha value is -2.64. The zero-order valence-electron chi connectivity index (χ0n) is 18.7. The Labute approximate surface area is 183 Å². The van der Waals surface area contributed by atoms with Gasteiger partial charge in [0.2, 0.25) is 5.91 Å². The summed E-state index contributed by atoms with van der Waals surface area (Å²) in [5, 5.41) is 3.15. The molecule has 0 aliphatic carbocycles. The molecule has 0 bridgehead atoms. The lowest BCUT2D eigenvalue weighted by Gasteiger charge is -2.39. The summed E-state index contributed by atoms with van der Waals surface area (Å²) < 4.78 is 29.5. The molecule has 7 heteroatoms. The summed E-state index contributed by atoms with van der Waals surface area (Å²) in [5.41, 5.74) is 3.40. The third-order valence-corrected chi connectivity index (χ3v) is 5.94. The molecule has 168 valence electrons. The van der Waals surface area contributed by atoms with Gasteiger partial charge in [0, 0.05) is 24.7 Å². The summed E-state index contributed by atoms with van der Waals surface area (Å²) in [7, 11) is 4.78. The number of nitrogens with one attached hydrogen (secondary N) is 2. The van der Waals surface area contributed by atoms with Gasteiger partial charge in [0.1, 0.15) is 25.0 Å². The molecule has 0 fully saturated rings. The van der Waals surface area contributed by atoms with Crippen molar-refractivity contribution in [2.75, 3.05) is 34.5 Å². The molecule has 0 saturated heterocycles. The first kappa shape index (κ1) is 23.0. The van der Waals surface area contributed by atoms with Crippen LogP contribution in [0.2, 0.25) is 0 Å².